The van der Waals surface area contributed by atoms with Crippen molar-refractivity contribution in [3.8, 4) is 5.69 Å². The molecule has 1 aromatic carbocycles. The second-order valence-electron chi connectivity index (χ2n) is 11.6. The van der Waals surface area contributed by atoms with Crippen molar-refractivity contribution in [3.05, 3.63) is 59.2 Å². The van der Waals surface area contributed by atoms with E-state index in [-0.39, 0.29) is 16.4 Å². The molecule has 1 spiro atoms. The number of rotatable bonds is 4. The molecule has 5 fully saturated rings. The molecule has 6 nitrogen and oxygen atoms in total. The van der Waals surface area contributed by atoms with Gasteiger partial charge >= 0.3 is 0 Å². The first-order chi connectivity index (χ1) is 15.7. The minimum atomic E-state index is -0.680. The van der Waals surface area contributed by atoms with Crippen LogP contribution in [0.1, 0.15) is 57.2 Å². The zero-order valence-corrected chi connectivity index (χ0v) is 19.5. The maximum atomic E-state index is 10.7. The number of anilines is 1. The molecule has 33 heavy (non-hydrogen) atoms. The van der Waals surface area contributed by atoms with Gasteiger partial charge in [-0.1, -0.05) is 12.1 Å². The molecular formula is C27H29N5O. The first-order valence-electron chi connectivity index (χ1n) is 12.0. The summed E-state index contributed by atoms with van der Waals surface area (Å²) < 4.78 is 2.00. The van der Waals surface area contributed by atoms with Crippen LogP contribution in [-0.4, -0.2) is 38.1 Å². The maximum Gasteiger partial charge on any atom is 0.264 e. The van der Waals surface area contributed by atoms with Gasteiger partial charge in [-0.15, -0.1) is 0 Å². The third-order valence-corrected chi connectivity index (χ3v) is 9.37. The molecular weight excluding hydrogens is 410 g/mol. The highest BCUT2D eigenvalue weighted by Crippen LogP contribution is 2.79. The van der Waals surface area contributed by atoms with E-state index in [9.17, 15) is 5.11 Å². The van der Waals surface area contributed by atoms with Gasteiger partial charge in [-0.25, -0.2) is 16.2 Å². The van der Waals surface area contributed by atoms with Gasteiger partial charge in [0.05, 0.1) is 28.4 Å². The first-order valence-corrected chi connectivity index (χ1v) is 12.0. The van der Waals surface area contributed by atoms with Gasteiger partial charge in [0.2, 0.25) is 0 Å². The molecule has 5 aliphatic rings. The summed E-state index contributed by atoms with van der Waals surface area (Å²) in [5.41, 5.74) is 3.36. The molecule has 1 unspecified atom stereocenters. The topological polar surface area (TPSA) is 58.5 Å². The predicted octanol–water partition coefficient (Wildman–Crippen LogP) is 4.77. The smallest absolute Gasteiger partial charge is 0.264 e. The minimum absolute atomic E-state index is 0.0341. The van der Waals surface area contributed by atoms with Gasteiger partial charge in [-0.3, -0.25) is 0 Å². The molecule has 6 heteroatoms. The fourth-order valence-corrected chi connectivity index (χ4v) is 6.81. The second-order valence-corrected chi connectivity index (χ2v) is 11.6. The van der Waals surface area contributed by atoms with Crippen molar-refractivity contribution in [3.63, 3.8) is 0 Å². The highest BCUT2D eigenvalue weighted by atomic mass is 16.3. The minimum Gasteiger partial charge on any atom is -0.390 e. The lowest BCUT2D eigenvalue weighted by Crippen LogP contribution is -2.50. The number of aliphatic hydroxyl groups is 1. The SMILES string of the molecule is [C-]#[N+]C1(c2ccc3cnn(-c4cc(C)nc(N5CC6(C(C)(C)O)CC5C6)c4)c3c2)CC12CC2. The lowest BCUT2D eigenvalue weighted by molar-refractivity contribution is -0.0754. The number of aromatic nitrogens is 3. The molecule has 2 saturated heterocycles. The number of hydrogen-bond donors (Lipinski definition) is 1. The maximum absolute atomic E-state index is 10.7. The van der Waals surface area contributed by atoms with Gasteiger partial charge in [0.1, 0.15) is 5.82 Å². The molecule has 168 valence electrons. The molecule has 4 heterocycles. The average molecular weight is 440 g/mol. The van der Waals surface area contributed by atoms with Gasteiger partial charge in [0, 0.05) is 47.1 Å². The normalized spacial score (nSPS) is 31.0. The van der Waals surface area contributed by atoms with Crippen LogP contribution in [0, 0.1) is 24.3 Å². The molecule has 3 saturated carbocycles. The molecule has 2 aliphatic heterocycles. The van der Waals surface area contributed by atoms with E-state index in [1.165, 1.54) is 12.8 Å². The van der Waals surface area contributed by atoms with Crippen LogP contribution in [0.2, 0.25) is 0 Å². The lowest BCUT2D eigenvalue weighted by atomic mass is 9.61. The fraction of sp³-hybridized carbons (Fsp3) is 0.519. The number of pyridine rings is 1. The third kappa shape index (κ3) is 2.41. The Morgan fingerprint density at radius 2 is 1.97 bits per heavy atom. The van der Waals surface area contributed by atoms with E-state index in [0.29, 0.717) is 6.04 Å². The number of nitrogens with zero attached hydrogens (tertiary/aromatic N) is 5. The molecule has 0 radical (unpaired) electrons. The molecule has 2 bridgehead atoms. The van der Waals surface area contributed by atoms with Crippen molar-refractivity contribution in [2.45, 2.75) is 70.1 Å². The summed E-state index contributed by atoms with van der Waals surface area (Å²) in [6.07, 6.45) is 7.33. The molecule has 8 rings (SSSR count). The van der Waals surface area contributed by atoms with E-state index < -0.39 is 5.60 Å². The summed E-state index contributed by atoms with van der Waals surface area (Å²) in [7, 11) is 0. The molecule has 3 aromatic rings. The fourth-order valence-electron chi connectivity index (χ4n) is 6.81. The lowest BCUT2D eigenvalue weighted by Gasteiger charge is -2.45. The zero-order valence-electron chi connectivity index (χ0n) is 19.5. The Kier molecular flexibility index (Phi) is 3.42. The highest BCUT2D eigenvalue weighted by molar-refractivity contribution is 5.82. The number of fused-ring (bicyclic) bond motifs is 2. The van der Waals surface area contributed by atoms with Crippen molar-refractivity contribution >= 4 is 16.7 Å². The average Bonchev–Trinajstić information content (AvgIpc) is 3.43. The zero-order chi connectivity index (χ0) is 22.8. The third-order valence-electron chi connectivity index (χ3n) is 9.37. The van der Waals surface area contributed by atoms with Crippen LogP contribution in [0.25, 0.3) is 21.4 Å². The number of hydrogen-bond acceptors (Lipinski definition) is 4. The van der Waals surface area contributed by atoms with Crippen molar-refractivity contribution < 1.29 is 5.11 Å². The highest BCUT2D eigenvalue weighted by Gasteiger charge is 2.82. The van der Waals surface area contributed by atoms with E-state index >= 15 is 0 Å². The molecule has 1 N–H and O–H groups in total. The van der Waals surface area contributed by atoms with Crippen LogP contribution in [0.5, 0.6) is 0 Å². The molecule has 2 aromatic heterocycles. The van der Waals surface area contributed by atoms with Gasteiger partial charge < -0.3 is 14.9 Å². The summed E-state index contributed by atoms with van der Waals surface area (Å²) in [5, 5.41) is 16.6. The Labute approximate surface area is 194 Å². The van der Waals surface area contributed by atoms with Crippen LogP contribution in [0.15, 0.2) is 36.5 Å². The monoisotopic (exact) mass is 439 g/mol. The Bertz CT molecular complexity index is 1370. The summed E-state index contributed by atoms with van der Waals surface area (Å²) in [6.45, 7) is 14.7. The largest absolute Gasteiger partial charge is 0.390 e. The van der Waals surface area contributed by atoms with Gasteiger partial charge in [0.25, 0.3) is 5.54 Å². The standard InChI is InChI=1S/C27H29N5O/c1-17-9-20(11-23(30-17)31-16-26(24(2,3)33)12-21(31)13-26)32-22-10-19(6-5-18(22)14-29-32)27(28-4)15-25(27)7-8-25/h5-6,9-11,14,21,33H,7-8,12-13,15-16H2,1-3H3. The van der Waals surface area contributed by atoms with Crippen molar-refractivity contribution in [1.29, 1.82) is 0 Å². The Morgan fingerprint density at radius 3 is 2.61 bits per heavy atom. The van der Waals surface area contributed by atoms with Crippen LogP contribution < -0.4 is 4.90 Å². The quantitative estimate of drug-likeness (QED) is 0.595. The molecule has 0 amide bonds. The van der Waals surface area contributed by atoms with Crippen molar-refractivity contribution in [2.24, 2.45) is 10.8 Å². The van der Waals surface area contributed by atoms with E-state index in [0.717, 1.165) is 59.5 Å². The van der Waals surface area contributed by atoms with Gasteiger partial charge in [-0.2, -0.15) is 5.10 Å². The van der Waals surface area contributed by atoms with Gasteiger partial charge in [-0.05, 0) is 58.6 Å². The summed E-state index contributed by atoms with van der Waals surface area (Å²) in [4.78, 5) is 11.4. The summed E-state index contributed by atoms with van der Waals surface area (Å²) >= 11 is 0. The number of aryl methyl sites for hydroxylation is 1. The van der Waals surface area contributed by atoms with Crippen molar-refractivity contribution in [2.75, 3.05) is 11.4 Å². The predicted molar refractivity (Wildman–Crippen MR) is 127 cm³/mol. The van der Waals surface area contributed by atoms with Gasteiger partial charge in [0.15, 0.2) is 0 Å². The van der Waals surface area contributed by atoms with E-state index in [1.807, 2.05) is 31.6 Å². The van der Waals surface area contributed by atoms with E-state index in [1.54, 1.807) is 0 Å². The molecule has 3 aliphatic carbocycles. The Morgan fingerprint density at radius 1 is 1.18 bits per heavy atom. The van der Waals surface area contributed by atoms with Crippen molar-refractivity contribution in [1.82, 2.24) is 14.8 Å². The number of benzene rings is 1. The van der Waals surface area contributed by atoms with E-state index in [4.69, 9.17) is 16.7 Å². The first kappa shape index (κ1) is 19.5. The van der Waals surface area contributed by atoms with Crippen LogP contribution in [0.3, 0.4) is 0 Å². The van der Waals surface area contributed by atoms with Crippen LogP contribution in [0.4, 0.5) is 5.82 Å². The Hall–Kier alpha value is -2.91. The molecule has 1 atom stereocenters. The second kappa shape index (κ2) is 5.77. The summed E-state index contributed by atoms with van der Waals surface area (Å²) in [6, 6.07) is 11.1. The van der Waals surface area contributed by atoms with Crippen LogP contribution in [-0.2, 0) is 5.54 Å². The summed E-state index contributed by atoms with van der Waals surface area (Å²) in [5.74, 6) is 0.968. The Balaban J connectivity index is 1.28. The van der Waals surface area contributed by atoms with E-state index in [2.05, 4.69) is 40.1 Å². The van der Waals surface area contributed by atoms with Crippen LogP contribution >= 0.6 is 0 Å².